The minimum Gasteiger partial charge on any atom is -0.406 e. The van der Waals surface area contributed by atoms with Gasteiger partial charge in [0.2, 0.25) is 0 Å². The fourth-order valence-electron chi connectivity index (χ4n) is 2.22. The molecule has 6 nitrogen and oxygen atoms in total. The van der Waals surface area contributed by atoms with Crippen molar-refractivity contribution in [3.05, 3.63) is 52.1 Å². The van der Waals surface area contributed by atoms with E-state index in [-0.39, 0.29) is 15.5 Å². The number of sulfonamides is 1. The van der Waals surface area contributed by atoms with Crippen molar-refractivity contribution in [1.82, 2.24) is 4.57 Å². The SMILES string of the molecule is Cn1c(=O)sc2cc(S(=O)(=O)Nc3ccc(OC(F)(F)F)cc3)ccc21. The van der Waals surface area contributed by atoms with Crippen LogP contribution in [0.3, 0.4) is 0 Å². The Hall–Kier alpha value is -2.53. The maximum atomic E-state index is 12.4. The first-order valence-corrected chi connectivity index (χ1v) is 9.33. The van der Waals surface area contributed by atoms with Gasteiger partial charge in [0.1, 0.15) is 5.75 Å². The second kappa shape index (κ2) is 6.32. The molecule has 0 saturated heterocycles. The Labute approximate surface area is 149 Å². The molecule has 26 heavy (non-hydrogen) atoms. The van der Waals surface area contributed by atoms with Gasteiger partial charge in [-0.2, -0.15) is 0 Å². The molecule has 2 aromatic carbocycles. The first-order chi connectivity index (χ1) is 12.0. The monoisotopic (exact) mass is 404 g/mol. The fraction of sp³-hybridized carbons (Fsp3) is 0.133. The summed E-state index contributed by atoms with van der Waals surface area (Å²) in [6.45, 7) is 0. The summed E-state index contributed by atoms with van der Waals surface area (Å²) in [5.41, 5.74) is 0.675. The Kier molecular flexibility index (Phi) is 4.44. The molecule has 1 N–H and O–H groups in total. The molecule has 0 bridgehead atoms. The Morgan fingerprint density at radius 2 is 1.77 bits per heavy atom. The number of aromatic nitrogens is 1. The summed E-state index contributed by atoms with van der Waals surface area (Å²) >= 11 is 0.915. The molecule has 1 heterocycles. The number of halogens is 3. The van der Waals surface area contributed by atoms with Gasteiger partial charge in [0.05, 0.1) is 15.1 Å². The third kappa shape index (κ3) is 3.83. The van der Waals surface area contributed by atoms with E-state index in [4.69, 9.17) is 0 Å². The lowest BCUT2D eigenvalue weighted by Crippen LogP contribution is -2.17. The predicted octanol–water partition coefficient (Wildman–Crippen LogP) is 3.30. The zero-order valence-corrected chi connectivity index (χ0v) is 14.7. The Bertz CT molecular complexity index is 1120. The molecular weight excluding hydrogens is 393 g/mol. The number of nitrogens with zero attached hydrogens (tertiary/aromatic N) is 1. The first-order valence-electron chi connectivity index (χ1n) is 7.03. The molecule has 0 unspecified atom stereocenters. The van der Waals surface area contributed by atoms with Crippen molar-refractivity contribution >= 4 is 37.3 Å². The van der Waals surface area contributed by atoms with E-state index in [9.17, 15) is 26.4 Å². The number of alkyl halides is 3. The molecular formula is C15H11F3N2O4S2. The van der Waals surface area contributed by atoms with Crippen molar-refractivity contribution < 1.29 is 26.3 Å². The number of fused-ring (bicyclic) bond motifs is 1. The quantitative estimate of drug-likeness (QED) is 0.724. The average Bonchev–Trinajstić information content (AvgIpc) is 2.82. The van der Waals surface area contributed by atoms with Crippen LogP contribution in [0, 0.1) is 0 Å². The summed E-state index contributed by atoms with van der Waals surface area (Å²) in [6.07, 6.45) is -4.83. The molecule has 138 valence electrons. The van der Waals surface area contributed by atoms with Gasteiger partial charge in [-0.15, -0.1) is 13.2 Å². The summed E-state index contributed by atoms with van der Waals surface area (Å²) in [5, 5.41) is 0. The Morgan fingerprint density at radius 3 is 2.38 bits per heavy atom. The average molecular weight is 404 g/mol. The maximum absolute atomic E-state index is 12.4. The summed E-state index contributed by atoms with van der Waals surface area (Å²) in [6, 6.07) is 8.52. The van der Waals surface area contributed by atoms with E-state index < -0.39 is 22.1 Å². The van der Waals surface area contributed by atoms with Gasteiger partial charge in [0.15, 0.2) is 0 Å². The minimum atomic E-state index is -4.83. The zero-order chi connectivity index (χ0) is 19.1. The van der Waals surface area contributed by atoms with Gasteiger partial charge >= 0.3 is 11.2 Å². The highest BCUT2D eigenvalue weighted by Gasteiger charge is 2.31. The second-order valence-corrected chi connectivity index (χ2v) is 7.91. The van der Waals surface area contributed by atoms with Crippen LogP contribution < -0.4 is 14.3 Å². The van der Waals surface area contributed by atoms with Crippen molar-refractivity contribution in [3.8, 4) is 5.75 Å². The van der Waals surface area contributed by atoms with E-state index in [1.54, 1.807) is 7.05 Å². The molecule has 0 fully saturated rings. The number of hydrogen-bond acceptors (Lipinski definition) is 5. The Morgan fingerprint density at radius 1 is 1.12 bits per heavy atom. The number of thiazole rings is 1. The fourth-order valence-corrected chi connectivity index (χ4v) is 4.30. The Balaban J connectivity index is 1.86. The smallest absolute Gasteiger partial charge is 0.406 e. The molecule has 0 atom stereocenters. The lowest BCUT2D eigenvalue weighted by molar-refractivity contribution is -0.274. The van der Waals surface area contributed by atoms with Crippen LogP contribution in [-0.4, -0.2) is 19.3 Å². The number of hydrogen-bond donors (Lipinski definition) is 1. The highest BCUT2D eigenvalue weighted by Crippen LogP contribution is 2.26. The molecule has 3 rings (SSSR count). The van der Waals surface area contributed by atoms with Gasteiger partial charge < -0.3 is 9.30 Å². The van der Waals surface area contributed by atoms with E-state index in [1.165, 1.54) is 22.8 Å². The predicted molar refractivity (Wildman–Crippen MR) is 91.0 cm³/mol. The van der Waals surface area contributed by atoms with Crippen molar-refractivity contribution in [1.29, 1.82) is 0 Å². The number of rotatable bonds is 4. The number of anilines is 1. The van der Waals surface area contributed by atoms with Crippen LogP contribution in [0.25, 0.3) is 10.2 Å². The van der Waals surface area contributed by atoms with Crippen LogP contribution >= 0.6 is 11.3 Å². The molecule has 0 spiro atoms. The first kappa shape index (κ1) is 18.3. The molecule has 0 radical (unpaired) electrons. The van der Waals surface area contributed by atoms with E-state index in [2.05, 4.69) is 9.46 Å². The number of aryl methyl sites for hydroxylation is 1. The van der Waals surface area contributed by atoms with Crippen LogP contribution in [0.5, 0.6) is 5.75 Å². The lowest BCUT2D eigenvalue weighted by atomic mass is 10.3. The zero-order valence-electron chi connectivity index (χ0n) is 13.1. The van der Waals surface area contributed by atoms with Gasteiger partial charge in [0.25, 0.3) is 10.0 Å². The van der Waals surface area contributed by atoms with Crippen molar-refractivity contribution in [2.75, 3.05) is 4.72 Å². The molecule has 1 aromatic heterocycles. The molecule has 0 amide bonds. The minimum absolute atomic E-state index is 0.0672. The van der Waals surface area contributed by atoms with Crippen LogP contribution in [-0.2, 0) is 17.1 Å². The van der Waals surface area contributed by atoms with Crippen LogP contribution in [0.15, 0.2) is 52.2 Å². The molecule has 0 aliphatic heterocycles. The second-order valence-electron chi connectivity index (χ2n) is 5.23. The van der Waals surface area contributed by atoms with E-state index in [0.29, 0.717) is 10.2 Å². The summed E-state index contributed by atoms with van der Waals surface area (Å²) in [4.78, 5) is 11.4. The highest BCUT2D eigenvalue weighted by molar-refractivity contribution is 7.92. The van der Waals surface area contributed by atoms with Crippen molar-refractivity contribution in [3.63, 3.8) is 0 Å². The van der Waals surface area contributed by atoms with E-state index in [1.807, 2.05) is 0 Å². The maximum Gasteiger partial charge on any atom is 0.573 e. The number of nitrogens with one attached hydrogen (secondary N) is 1. The van der Waals surface area contributed by atoms with Crippen LogP contribution in [0.2, 0.25) is 0 Å². The van der Waals surface area contributed by atoms with Crippen molar-refractivity contribution in [2.24, 2.45) is 7.05 Å². The standard InChI is InChI=1S/C15H11F3N2O4S2/c1-20-12-7-6-11(8-13(12)25-14(20)21)26(22,23)19-9-2-4-10(5-3-9)24-15(16,17)18/h2-8,19H,1H3. The largest absolute Gasteiger partial charge is 0.573 e. The van der Waals surface area contributed by atoms with Gasteiger partial charge in [-0.05, 0) is 42.5 Å². The number of benzene rings is 2. The molecule has 0 aliphatic rings. The lowest BCUT2D eigenvalue weighted by Gasteiger charge is -2.11. The summed E-state index contributed by atoms with van der Waals surface area (Å²) in [5.74, 6) is -0.462. The van der Waals surface area contributed by atoms with E-state index >= 15 is 0 Å². The van der Waals surface area contributed by atoms with E-state index in [0.717, 1.165) is 35.6 Å². The summed E-state index contributed by atoms with van der Waals surface area (Å²) in [7, 11) is -2.39. The summed E-state index contributed by atoms with van der Waals surface area (Å²) < 4.78 is 69.2. The number of ether oxygens (including phenoxy) is 1. The van der Waals surface area contributed by atoms with Gasteiger partial charge in [-0.3, -0.25) is 9.52 Å². The molecule has 0 aliphatic carbocycles. The highest BCUT2D eigenvalue weighted by atomic mass is 32.2. The third-order valence-corrected chi connectivity index (χ3v) is 5.79. The van der Waals surface area contributed by atoms with Crippen LogP contribution in [0.1, 0.15) is 0 Å². The normalized spacial score (nSPS) is 12.3. The molecule has 3 aromatic rings. The van der Waals surface area contributed by atoms with Gasteiger partial charge in [-0.1, -0.05) is 11.3 Å². The van der Waals surface area contributed by atoms with Gasteiger partial charge in [-0.25, -0.2) is 8.42 Å². The third-order valence-electron chi connectivity index (χ3n) is 3.41. The van der Waals surface area contributed by atoms with Crippen LogP contribution in [0.4, 0.5) is 18.9 Å². The molecule has 11 heteroatoms. The van der Waals surface area contributed by atoms with Gasteiger partial charge in [0, 0.05) is 12.7 Å². The van der Waals surface area contributed by atoms with Crippen molar-refractivity contribution in [2.45, 2.75) is 11.3 Å². The molecule has 0 saturated carbocycles. The topological polar surface area (TPSA) is 77.4 Å².